The summed E-state index contributed by atoms with van der Waals surface area (Å²) in [7, 11) is -3.33. The van der Waals surface area contributed by atoms with Gasteiger partial charge in [-0.05, 0) is 36.6 Å². The van der Waals surface area contributed by atoms with Crippen LogP contribution in [0, 0.1) is 0 Å². The fraction of sp³-hybridized carbons (Fsp3) is 0.333. The van der Waals surface area contributed by atoms with Crippen molar-refractivity contribution in [2.45, 2.75) is 24.3 Å². The first-order valence-electron chi connectivity index (χ1n) is 7.26. The highest BCUT2D eigenvalue weighted by molar-refractivity contribution is 7.89. The third-order valence-corrected chi connectivity index (χ3v) is 5.56. The molecule has 0 spiro atoms. The normalized spacial score (nSPS) is 15.8. The number of anilines is 1. The number of hydrogen-bond donors (Lipinski definition) is 1. The van der Waals surface area contributed by atoms with Gasteiger partial charge in [-0.1, -0.05) is 12.1 Å². The van der Waals surface area contributed by atoms with Crippen LogP contribution in [0.1, 0.15) is 18.4 Å². The minimum atomic E-state index is -3.33. The molecule has 1 saturated heterocycles. The van der Waals surface area contributed by atoms with E-state index in [1.807, 2.05) is 12.1 Å². The minimum Gasteiger partial charge on any atom is -0.350 e. The number of nitrogens with zero attached hydrogens (tertiary/aromatic N) is 3. The lowest BCUT2D eigenvalue weighted by Crippen LogP contribution is -2.27. The average molecular weight is 318 g/mol. The van der Waals surface area contributed by atoms with Crippen molar-refractivity contribution in [3.05, 3.63) is 48.3 Å². The number of aromatic nitrogens is 2. The molecular weight excluding hydrogens is 300 g/mol. The van der Waals surface area contributed by atoms with Crippen molar-refractivity contribution in [2.75, 3.05) is 18.4 Å². The molecule has 1 aliphatic rings. The third kappa shape index (κ3) is 3.26. The van der Waals surface area contributed by atoms with E-state index in [0.29, 0.717) is 30.5 Å². The van der Waals surface area contributed by atoms with Gasteiger partial charge in [0, 0.05) is 32.0 Å². The van der Waals surface area contributed by atoms with Gasteiger partial charge in [0.2, 0.25) is 16.0 Å². The summed E-state index contributed by atoms with van der Waals surface area (Å²) in [5, 5.41) is 3.09. The van der Waals surface area contributed by atoms with Gasteiger partial charge in [-0.15, -0.1) is 0 Å². The van der Waals surface area contributed by atoms with Crippen LogP contribution in [0.2, 0.25) is 0 Å². The van der Waals surface area contributed by atoms with E-state index in [1.54, 1.807) is 34.9 Å². The Morgan fingerprint density at radius 1 is 1.05 bits per heavy atom. The molecule has 2 aromatic rings. The molecule has 1 fully saturated rings. The molecule has 0 atom stereocenters. The molecule has 2 heterocycles. The Balaban J connectivity index is 1.67. The predicted molar refractivity (Wildman–Crippen MR) is 83.8 cm³/mol. The van der Waals surface area contributed by atoms with E-state index in [4.69, 9.17) is 0 Å². The summed E-state index contributed by atoms with van der Waals surface area (Å²) in [6, 6.07) is 8.72. The van der Waals surface area contributed by atoms with E-state index in [0.717, 1.165) is 18.4 Å². The van der Waals surface area contributed by atoms with Gasteiger partial charge < -0.3 is 5.32 Å². The number of rotatable bonds is 5. The van der Waals surface area contributed by atoms with Gasteiger partial charge in [0.15, 0.2) is 0 Å². The summed E-state index contributed by atoms with van der Waals surface area (Å²) in [6.07, 6.45) is 5.22. The predicted octanol–water partition coefficient (Wildman–Crippen LogP) is 1.87. The van der Waals surface area contributed by atoms with Crippen molar-refractivity contribution >= 4 is 16.0 Å². The summed E-state index contributed by atoms with van der Waals surface area (Å²) in [5.41, 5.74) is 0.979. The lowest BCUT2D eigenvalue weighted by atomic mass is 10.2. The molecule has 6 nitrogen and oxygen atoms in total. The van der Waals surface area contributed by atoms with Crippen molar-refractivity contribution in [1.82, 2.24) is 14.3 Å². The summed E-state index contributed by atoms with van der Waals surface area (Å²) in [5.74, 6) is 0.552. The minimum absolute atomic E-state index is 0.356. The maximum absolute atomic E-state index is 12.4. The van der Waals surface area contributed by atoms with Crippen LogP contribution >= 0.6 is 0 Å². The number of benzene rings is 1. The second kappa shape index (κ2) is 6.41. The molecule has 0 saturated carbocycles. The topological polar surface area (TPSA) is 75.2 Å². The SMILES string of the molecule is O=S(=O)(c1ccc(CNc2ncccn2)cc1)N1CCCC1. The quantitative estimate of drug-likeness (QED) is 0.911. The van der Waals surface area contributed by atoms with Gasteiger partial charge >= 0.3 is 0 Å². The third-order valence-electron chi connectivity index (χ3n) is 3.64. The van der Waals surface area contributed by atoms with Gasteiger partial charge in [-0.2, -0.15) is 4.31 Å². The largest absolute Gasteiger partial charge is 0.350 e. The van der Waals surface area contributed by atoms with Crippen LogP contribution < -0.4 is 5.32 Å². The zero-order valence-corrected chi connectivity index (χ0v) is 13.0. The first-order chi connectivity index (χ1) is 10.7. The zero-order chi connectivity index (χ0) is 15.4. The fourth-order valence-electron chi connectivity index (χ4n) is 2.43. The summed E-state index contributed by atoms with van der Waals surface area (Å²) in [4.78, 5) is 8.51. The maximum atomic E-state index is 12.4. The molecule has 1 aromatic carbocycles. The van der Waals surface area contributed by atoms with E-state index in [2.05, 4.69) is 15.3 Å². The Kier molecular flexibility index (Phi) is 4.35. The Hall–Kier alpha value is -1.99. The average Bonchev–Trinajstić information content (AvgIpc) is 3.10. The van der Waals surface area contributed by atoms with Crippen molar-refractivity contribution in [3.63, 3.8) is 0 Å². The van der Waals surface area contributed by atoms with Crippen LogP contribution in [0.25, 0.3) is 0 Å². The van der Waals surface area contributed by atoms with E-state index < -0.39 is 10.0 Å². The molecule has 0 amide bonds. The molecule has 0 radical (unpaired) electrons. The second-order valence-corrected chi connectivity index (χ2v) is 7.12. The van der Waals surface area contributed by atoms with E-state index in [9.17, 15) is 8.42 Å². The van der Waals surface area contributed by atoms with Gasteiger partial charge in [-0.3, -0.25) is 0 Å². The van der Waals surface area contributed by atoms with Crippen LogP contribution in [-0.2, 0) is 16.6 Å². The van der Waals surface area contributed by atoms with E-state index in [1.165, 1.54) is 0 Å². The van der Waals surface area contributed by atoms with Crippen molar-refractivity contribution < 1.29 is 8.42 Å². The molecule has 116 valence electrons. The highest BCUT2D eigenvalue weighted by atomic mass is 32.2. The van der Waals surface area contributed by atoms with Crippen LogP contribution in [0.4, 0.5) is 5.95 Å². The smallest absolute Gasteiger partial charge is 0.243 e. The molecule has 22 heavy (non-hydrogen) atoms. The molecule has 1 N–H and O–H groups in total. The van der Waals surface area contributed by atoms with E-state index in [-0.39, 0.29) is 0 Å². The van der Waals surface area contributed by atoms with Gasteiger partial charge in [0.05, 0.1) is 4.90 Å². The van der Waals surface area contributed by atoms with Crippen molar-refractivity contribution in [1.29, 1.82) is 0 Å². The highest BCUT2D eigenvalue weighted by Gasteiger charge is 2.26. The lowest BCUT2D eigenvalue weighted by Gasteiger charge is -2.15. The first-order valence-corrected chi connectivity index (χ1v) is 8.70. The standard InChI is InChI=1S/C15H18N4O2S/c20-22(21,19-10-1-2-11-19)14-6-4-13(5-7-14)12-18-15-16-8-3-9-17-15/h3-9H,1-2,10-12H2,(H,16,17,18). The van der Waals surface area contributed by atoms with Crippen LogP contribution in [0.15, 0.2) is 47.6 Å². The Morgan fingerprint density at radius 2 is 1.68 bits per heavy atom. The zero-order valence-electron chi connectivity index (χ0n) is 12.1. The summed E-state index contributed by atoms with van der Waals surface area (Å²) < 4.78 is 26.4. The molecular formula is C15H18N4O2S. The first kappa shape index (κ1) is 14.9. The van der Waals surface area contributed by atoms with Crippen LogP contribution in [0.5, 0.6) is 0 Å². The number of nitrogens with one attached hydrogen (secondary N) is 1. The second-order valence-electron chi connectivity index (χ2n) is 5.18. The molecule has 7 heteroatoms. The summed E-state index contributed by atoms with van der Waals surface area (Å²) in [6.45, 7) is 1.79. The number of sulfonamides is 1. The Labute approximate surface area is 130 Å². The lowest BCUT2D eigenvalue weighted by molar-refractivity contribution is 0.477. The Bertz CT molecular complexity index is 711. The van der Waals surface area contributed by atoms with Gasteiger partial charge in [0.1, 0.15) is 0 Å². The molecule has 0 unspecified atom stereocenters. The molecule has 0 bridgehead atoms. The van der Waals surface area contributed by atoms with Gasteiger partial charge in [-0.25, -0.2) is 18.4 Å². The van der Waals surface area contributed by atoms with Crippen molar-refractivity contribution in [3.8, 4) is 0 Å². The molecule has 3 rings (SSSR count). The van der Waals surface area contributed by atoms with Crippen LogP contribution in [0.3, 0.4) is 0 Å². The maximum Gasteiger partial charge on any atom is 0.243 e. The Morgan fingerprint density at radius 3 is 2.32 bits per heavy atom. The van der Waals surface area contributed by atoms with Crippen molar-refractivity contribution in [2.24, 2.45) is 0 Å². The highest BCUT2D eigenvalue weighted by Crippen LogP contribution is 2.21. The molecule has 1 aliphatic heterocycles. The number of hydrogen-bond acceptors (Lipinski definition) is 5. The summed E-state index contributed by atoms with van der Waals surface area (Å²) >= 11 is 0. The molecule has 1 aromatic heterocycles. The monoisotopic (exact) mass is 318 g/mol. The van der Waals surface area contributed by atoms with E-state index >= 15 is 0 Å². The van der Waals surface area contributed by atoms with Gasteiger partial charge in [0.25, 0.3) is 0 Å². The molecule has 0 aliphatic carbocycles. The van der Waals surface area contributed by atoms with Crippen LogP contribution in [-0.4, -0.2) is 35.8 Å². The fourth-order valence-corrected chi connectivity index (χ4v) is 3.95.